The van der Waals surface area contributed by atoms with Gasteiger partial charge in [-0.25, -0.2) is 5.43 Å². The average Bonchev–Trinajstić information content (AvgIpc) is 2.47. The smallest absolute Gasteiger partial charge is 0.267 e. The van der Waals surface area contributed by atoms with Crippen LogP contribution in [0.4, 0.5) is 0 Å². The van der Waals surface area contributed by atoms with Crippen LogP contribution in [0.2, 0.25) is 0 Å². The Bertz CT molecular complexity index is 702. The molecule has 1 amide bonds. The van der Waals surface area contributed by atoms with Crippen LogP contribution in [0, 0.1) is 20.8 Å². The molecule has 3 nitrogen and oxygen atoms in total. The van der Waals surface area contributed by atoms with Gasteiger partial charge in [-0.3, -0.25) is 4.79 Å². The fourth-order valence-electron chi connectivity index (χ4n) is 2.02. The second-order valence-electron chi connectivity index (χ2n) is 5.31. The third-order valence-electron chi connectivity index (χ3n) is 3.53. The first kappa shape index (κ1) is 15.0. The first-order valence-electron chi connectivity index (χ1n) is 6.96. The van der Waals surface area contributed by atoms with Crippen molar-refractivity contribution in [2.75, 3.05) is 0 Å². The number of benzene rings is 2. The molecule has 21 heavy (non-hydrogen) atoms. The lowest BCUT2D eigenvalue weighted by Crippen LogP contribution is -2.19. The van der Waals surface area contributed by atoms with Gasteiger partial charge in [-0.05, 0) is 62.6 Å². The zero-order valence-electron chi connectivity index (χ0n) is 12.9. The van der Waals surface area contributed by atoms with Crippen molar-refractivity contribution in [3.8, 4) is 0 Å². The van der Waals surface area contributed by atoms with Crippen LogP contribution in [0.3, 0.4) is 0 Å². The highest BCUT2D eigenvalue weighted by molar-refractivity contribution is 6.01. The van der Waals surface area contributed by atoms with Crippen molar-refractivity contribution >= 4 is 11.6 Å². The van der Waals surface area contributed by atoms with E-state index in [9.17, 15) is 4.79 Å². The summed E-state index contributed by atoms with van der Waals surface area (Å²) < 4.78 is 0. The van der Waals surface area contributed by atoms with Gasteiger partial charge in [0.25, 0.3) is 5.91 Å². The Morgan fingerprint density at radius 1 is 0.952 bits per heavy atom. The highest BCUT2D eigenvalue weighted by atomic mass is 16.2. The predicted octanol–water partition coefficient (Wildman–Crippen LogP) is 3.77. The molecule has 0 aliphatic heterocycles. The maximum Gasteiger partial charge on any atom is 0.271 e. The highest BCUT2D eigenvalue weighted by Crippen LogP contribution is 2.10. The molecule has 0 atom stereocenters. The summed E-state index contributed by atoms with van der Waals surface area (Å²) >= 11 is 0. The minimum atomic E-state index is -0.193. The van der Waals surface area contributed by atoms with E-state index in [4.69, 9.17) is 0 Å². The molecule has 0 bridgehead atoms. The van der Waals surface area contributed by atoms with Gasteiger partial charge >= 0.3 is 0 Å². The third kappa shape index (κ3) is 3.78. The quantitative estimate of drug-likeness (QED) is 0.675. The van der Waals surface area contributed by atoms with Crippen molar-refractivity contribution in [3.63, 3.8) is 0 Å². The number of nitrogens with zero attached hydrogens (tertiary/aromatic N) is 1. The summed E-state index contributed by atoms with van der Waals surface area (Å²) in [6, 6.07) is 13.6. The number of amides is 1. The summed E-state index contributed by atoms with van der Waals surface area (Å²) in [5.41, 5.74) is 8.55. The second-order valence-corrected chi connectivity index (χ2v) is 5.31. The average molecular weight is 280 g/mol. The molecular weight excluding hydrogens is 260 g/mol. The van der Waals surface area contributed by atoms with E-state index in [1.54, 1.807) is 6.07 Å². The lowest BCUT2D eigenvalue weighted by atomic mass is 10.0. The largest absolute Gasteiger partial charge is 0.271 e. The van der Waals surface area contributed by atoms with Crippen molar-refractivity contribution in [2.45, 2.75) is 27.7 Å². The van der Waals surface area contributed by atoms with Crippen molar-refractivity contribution in [1.29, 1.82) is 0 Å². The molecule has 2 aromatic rings. The fourth-order valence-corrected chi connectivity index (χ4v) is 2.02. The van der Waals surface area contributed by atoms with Gasteiger partial charge in [0.15, 0.2) is 0 Å². The SMILES string of the molecule is CC(=NNC(=O)c1cccc(C)c1)c1ccc(C)c(C)c1. The van der Waals surface area contributed by atoms with Crippen LogP contribution in [0.1, 0.15) is 39.5 Å². The first-order chi connectivity index (χ1) is 9.97. The van der Waals surface area contributed by atoms with E-state index in [2.05, 4.69) is 36.5 Å². The summed E-state index contributed by atoms with van der Waals surface area (Å²) in [7, 11) is 0. The lowest BCUT2D eigenvalue weighted by Gasteiger charge is -2.06. The Kier molecular flexibility index (Phi) is 4.53. The predicted molar refractivity (Wildman–Crippen MR) is 86.8 cm³/mol. The van der Waals surface area contributed by atoms with Crippen molar-refractivity contribution in [2.24, 2.45) is 5.10 Å². The number of hydrazone groups is 1. The zero-order chi connectivity index (χ0) is 15.4. The molecule has 2 rings (SSSR count). The summed E-state index contributed by atoms with van der Waals surface area (Å²) in [5, 5.41) is 4.19. The Morgan fingerprint density at radius 3 is 2.38 bits per heavy atom. The number of carbonyl (C=O) groups excluding carboxylic acids is 1. The Hall–Kier alpha value is -2.42. The molecule has 0 unspecified atom stereocenters. The summed E-state index contributed by atoms with van der Waals surface area (Å²) in [6.45, 7) is 7.99. The highest BCUT2D eigenvalue weighted by Gasteiger charge is 2.05. The molecule has 0 aromatic heterocycles. The Morgan fingerprint density at radius 2 is 1.71 bits per heavy atom. The van der Waals surface area contributed by atoms with E-state index in [-0.39, 0.29) is 5.91 Å². The van der Waals surface area contributed by atoms with Crippen LogP contribution in [-0.2, 0) is 0 Å². The molecule has 0 aliphatic rings. The Balaban J connectivity index is 2.13. The van der Waals surface area contributed by atoms with Crippen LogP contribution in [0.5, 0.6) is 0 Å². The zero-order valence-corrected chi connectivity index (χ0v) is 12.9. The van der Waals surface area contributed by atoms with Gasteiger partial charge in [0.2, 0.25) is 0 Å². The van der Waals surface area contributed by atoms with Gasteiger partial charge < -0.3 is 0 Å². The van der Waals surface area contributed by atoms with E-state index in [1.807, 2.05) is 38.1 Å². The molecule has 3 heteroatoms. The lowest BCUT2D eigenvalue weighted by molar-refractivity contribution is 0.0954. The molecule has 0 saturated carbocycles. The summed E-state index contributed by atoms with van der Waals surface area (Å²) in [6.07, 6.45) is 0. The van der Waals surface area contributed by atoms with Gasteiger partial charge in [-0.1, -0.05) is 29.8 Å². The van der Waals surface area contributed by atoms with Crippen LogP contribution in [0.15, 0.2) is 47.6 Å². The maximum atomic E-state index is 12.0. The third-order valence-corrected chi connectivity index (χ3v) is 3.53. The number of nitrogens with one attached hydrogen (secondary N) is 1. The van der Waals surface area contributed by atoms with Gasteiger partial charge in [-0.2, -0.15) is 5.10 Å². The van der Waals surface area contributed by atoms with Gasteiger partial charge in [0.1, 0.15) is 0 Å². The van der Waals surface area contributed by atoms with Crippen LogP contribution in [0.25, 0.3) is 0 Å². The molecule has 2 aromatic carbocycles. The number of aryl methyl sites for hydroxylation is 3. The molecule has 0 heterocycles. The topological polar surface area (TPSA) is 41.5 Å². The van der Waals surface area contributed by atoms with Crippen molar-refractivity contribution in [1.82, 2.24) is 5.43 Å². The standard InChI is InChI=1S/C18H20N2O/c1-12-6-5-7-17(10-12)18(21)20-19-15(4)16-9-8-13(2)14(3)11-16/h5-11H,1-4H3,(H,20,21). The van der Waals surface area contributed by atoms with Crippen LogP contribution < -0.4 is 5.43 Å². The monoisotopic (exact) mass is 280 g/mol. The van der Waals surface area contributed by atoms with E-state index in [1.165, 1.54) is 11.1 Å². The number of hydrogen-bond acceptors (Lipinski definition) is 2. The van der Waals surface area contributed by atoms with E-state index >= 15 is 0 Å². The van der Waals surface area contributed by atoms with Crippen molar-refractivity contribution in [3.05, 3.63) is 70.3 Å². The van der Waals surface area contributed by atoms with Crippen LogP contribution in [-0.4, -0.2) is 11.6 Å². The second kappa shape index (κ2) is 6.35. The Labute approximate surface area is 125 Å². The van der Waals surface area contributed by atoms with E-state index in [0.717, 1.165) is 16.8 Å². The molecular formula is C18H20N2O. The van der Waals surface area contributed by atoms with Crippen molar-refractivity contribution < 1.29 is 4.79 Å². The normalized spacial score (nSPS) is 11.3. The van der Waals surface area contributed by atoms with E-state index in [0.29, 0.717) is 5.56 Å². The van der Waals surface area contributed by atoms with Gasteiger partial charge in [0, 0.05) is 5.56 Å². The molecule has 0 aliphatic carbocycles. The molecule has 0 saturated heterocycles. The molecule has 0 fully saturated rings. The number of rotatable bonds is 3. The number of carbonyl (C=O) groups is 1. The summed E-state index contributed by atoms with van der Waals surface area (Å²) in [4.78, 5) is 12.0. The fraction of sp³-hybridized carbons (Fsp3) is 0.222. The van der Waals surface area contributed by atoms with E-state index < -0.39 is 0 Å². The molecule has 0 radical (unpaired) electrons. The molecule has 0 spiro atoms. The maximum absolute atomic E-state index is 12.0. The van der Waals surface area contributed by atoms with Crippen LogP contribution >= 0.6 is 0 Å². The number of hydrogen-bond donors (Lipinski definition) is 1. The van der Waals surface area contributed by atoms with Gasteiger partial charge in [-0.15, -0.1) is 0 Å². The first-order valence-corrected chi connectivity index (χ1v) is 6.96. The molecule has 108 valence electrons. The minimum Gasteiger partial charge on any atom is -0.267 e. The van der Waals surface area contributed by atoms with Gasteiger partial charge in [0.05, 0.1) is 5.71 Å². The molecule has 1 N–H and O–H groups in total. The minimum absolute atomic E-state index is 0.193. The summed E-state index contributed by atoms with van der Waals surface area (Å²) in [5.74, 6) is -0.193.